The molecule has 0 bridgehead atoms. The van der Waals surface area contributed by atoms with Gasteiger partial charge in [0.1, 0.15) is 5.69 Å². The van der Waals surface area contributed by atoms with Crippen LogP contribution < -0.4 is 10.6 Å². The maximum absolute atomic E-state index is 12.3. The molecule has 0 saturated heterocycles. The molecule has 0 fully saturated rings. The molecule has 1 aliphatic rings. The molecule has 0 radical (unpaired) electrons. The number of unbranched alkanes of at least 4 members (excludes halogenated alkanes) is 1. The number of hydrogen-bond acceptors (Lipinski definition) is 3. The normalized spacial score (nSPS) is 13.8. The molecule has 2 heterocycles. The molecule has 0 unspecified atom stereocenters. The predicted molar refractivity (Wildman–Crippen MR) is 85.0 cm³/mol. The smallest absolute Gasteiger partial charge is 0.287 e. The van der Waals surface area contributed by atoms with E-state index in [2.05, 4.69) is 22.5 Å². The standard InChI is InChI=1S/C16H26N4O2/c1-4-5-9-17-15(21)13-12-8-6-7-10-20(12)14(19-13)16(22)18-11(2)3/h11H,4-10H2,1-3H3,(H,17,21)(H,18,22). The number of nitrogens with zero attached hydrogens (tertiary/aromatic N) is 2. The van der Waals surface area contributed by atoms with Gasteiger partial charge in [0.05, 0.1) is 5.69 Å². The van der Waals surface area contributed by atoms with Crippen molar-refractivity contribution in [3.63, 3.8) is 0 Å². The average molecular weight is 306 g/mol. The van der Waals surface area contributed by atoms with Gasteiger partial charge in [0.25, 0.3) is 11.8 Å². The Morgan fingerprint density at radius 3 is 2.73 bits per heavy atom. The summed E-state index contributed by atoms with van der Waals surface area (Å²) in [5, 5.41) is 5.76. The molecule has 1 aromatic rings. The molecular formula is C16H26N4O2. The van der Waals surface area contributed by atoms with Gasteiger partial charge in [0.2, 0.25) is 0 Å². The third kappa shape index (κ3) is 3.67. The van der Waals surface area contributed by atoms with Gasteiger partial charge >= 0.3 is 0 Å². The monoisotopic (exact) mass is 306 g/mol. The van der Waals surface area contributed by atoms with Gasteiger partial charge in [-0.1, -0.05) is 13.3 Å². The number of fused-ring (bicyclic) bond motifs is 1. The lowest BCUT2D eigenvalue weighted by atomic mass is 10.1. The first-order valence-corrected chi connectivity index (χ1v) is 8.23. The summed E-state index contributed by atoms with van der Waals surface area (Å²) in [7, 11) is 0. The molecule has 1 aliphatic heterocycles. The van der Waals surface area contributed by atoms with E-state index in [9.17, 15) is 9.59 Å². The van der Waals surface area contributed by atoms with Crippen LogP contribution in [0.1, 0.15) is 73.3 Å². The van der Waals surface area contributed by atoms with Crippen LogP contribution in [0.15, 0.2) is 0 Å². The Balaban J connectivity index is 2.25. The predicted octanol–water partition coefficient (Wildman–Crippen LogP) is 1.89. The van der Waals surface area contributed by atoms with Crippen molar-refractivity contribution in [1.29, 1.82) is 0 Å². The zero-order chi connectivity index (χ0) is 16.1. The van der Waals surface area contributed by atoms with Gasteiger partial charge in [0.15, 0.2) is 5.82 Å². The summed E-state index contributed by atoms with van der Waals surface area (Å²) in [5.41, 5.74) is 1.32. The van der Waals surface area contributed by atoms with Crippen LogP contribution >= 0.6 is 0 Å². The van der Waals surface area contributed by atoms with Crippen molar-refractivity contribution in [3.8, 4) is 0 Å². The fraction of sp³-hybridized carbons (Fsp3) is 0.688. The number of aromatic nitrogens is 2. The van der Waals surface area contributed by atoms with E-state index >= 15 is 0 Å². The third-order valence-electron chi connectivity index (χ3n) is 3.77. The lowest BCUT2D eigenvalue weighted by molar-refractivity contribution is 0.0927. The quantitative estimate of drug-likeness (QED) is 0.788. The number of carbonyl (C=O) groups is 2. The Labute approximate surface area is 131 Å². The van der Waals surface area contributed by atoms with Gasteiger partial charge in [0, 0.05) is 19.1 Å². The second kappa shape index (κ2) is 7.42. The SMILES string of the molecule is CCCCNC(=O)c1nc(C(=O)NC(C)C)n2c1CCCC2. The Morgan fingerprint density at radius 2 is 2.05 bits per heavy atom. The number of imidazole rings is 1. The molecule has 1 aromatic heterocycles. The maximum Gasteiger partial charge on any atom is 0.287 e. The summed E-state index contributed by atoms with van der Waals surface area (Å²) in [6.07, 6.45) is 4.83. The number of nitrogens with one attached hydrogen (secondary N) is 2. The van der Waals surface area contributed by atoms with E-state index in [0.717, 1.165) is 44.3 Å². The summed E-state index contributed by atoms with van der Waals surface area (Å²) < 4.78 is 1.91. The average Bonchev–Trinajstić information content (AvgIpc) is 2.86. The zero-order valence-corrected chi connectivity index (χ0v) is 13.7. The van der Waals surface area contributed by atoms with E-state index in [4.69, 9.17) is 0 Å². The number of hydrogen-bond donors (Lipinski definition) is 2. The van der Waals surface area contributed by atoms with Crippen molar-refractivity contribution >= 4 is 11.8 Å². The van der Waals surface area contributed by atoms with Crippen LogP contribution in [0.2, 0.25) is 0 Å². The topological polar surface area (TPSA) is 76.0 Å². The van der Waals surface area contributed by atoms with Crippen LogP contribution in [0, 0.1) is 0 Å². The highest BCUT2D eigenvalue weighted by atomic mass is 16.2. The highest BCUT2D eigenvalue weighted by molar-refractivity contribution is 5.97. The highest BCUT2D eigenvalue weighted by Gasteiger charge is 2.27. The van der Waals surface area contributed by atoms with Gasteiger partial charge in [-0.15, -0.1) is 0 Å². The van der Waals surface area contributed by atoms with Crippen LogP contribution in [0.4, 0.5) is 0 Å². The summed E-state index contributed by atoms with van der Waals surface area (Å²) in [4.78, 5) is 29.0. The van der Waals surface area contributed by atoms with E-state index in [0.29, 0.717) is 18.1 Å². The van der Waals surface area contributed by atoms with Crippen molar-refractivity contribution in [3.05, 3.63) is 17.2 Å². The second-order valence-electron chi connectivity index (χ2n) is 6.08. The number of rotatable bonds is 6. The van der Waals surface area contributed by atoms with Gasteiger partial charge < -0.3 is 15.2 Å². The zero-order valence-electron chi connectivity index (χ0n) is 13.7. The largest absolute Gasteiger partial charge is 0.351 e. The molecule has 0 saturated carbocycles. The molecule has 2 rings (SSSR count). The van der Waals surface area contributed by atoms with Crippen LogP contribution in [-0.4, -0.2) is 34.0 Å². The molecule has 2 N–H and O–H groups in total. The Bertz CT molecular complexity index is 549. The molecule has 2 amide bonds. The Hall–Kier alpha value is -1.85. The van der Waals surface area contributed by atoms with Gasteiger partial charge in [-0.3, -0.25) is 9.59 Å². The Kier molecular flexibility index (Phi) is 5.57. The highest BCUT2D eigenvalue weighted by Crippen LogP contribution is 2.21. The second-order valence-corrected chi connectivity index (χ2v) is 6.08. The molecule has 22 heavy (non-hydrogen) atoms. The van der Waals surface area contributed by atoms with Crippen LogP contribution in [-0.2, 0) is 13.0 Å². The fourth-order valence-electron chi connectivity index (χ4n) is 2.69. The van der Waals surface area contributed by atoms with Gasteiger partial charge in [-0.05, 0) is 39.5 Å². The molecule has 6 heteroatoms. The van der Waals surface area contributed by atoms with Crippen molar-refractivity contribution in [2.75, 3.05) is 6.54 Å². The summed E-state index contributed by atoms with van der Waals surface area (Å²) in [6.45, 7) is 7.31. The summed E-state index contributed by atoms with van der Waals surface area (Å²) in [5.74, 6) is -0.00232. The Morgan fingerprint density at radius 1 is 1.27 bits per heavy atom. The maximum atomic E-state index is 12.3. The molecule has 6 nitrogen and oxygen atoms in total. The minimum atomic E-state index is -0.203. The first kappa shape index (κ1) is 16.5. The molecular weight excluding hydrogens is 280 g/mol. The first-order chi connectivity index (χ1) is 10.5. The van der Waals surface area contributed by atoms with E-state index in [1.165, 1.54) is 0 Å². The first-order valence-electron chi connectivity index (χ1n) is 8.23. The van der Waals surface area contributed by atoms with Crippen LogP contribution in [0.25, 0.3) is 0 Å². The van der Waals surface area contributed by atoms with Crippen molar-refractivity contribution in [2.45, 2.75) is 65.5 Å². The molecule has 0 aromatic carbocycles. The molecule has 0 atom stereocenters. The number of carbonyl (C=O) groups excluding carboxylic acids is 2. The van der Waals surface area contributed by atoms with Crippen molar-refractivity contribution < 1.29 is 9.59 Å². The van der Waals surface area contributed by atoms with Crippen molar-refractivity contribution in [1.82, 2.24) is 20.2 Å². The summed E-state index contributed by atoms with van der Waals surface area (Å²) >= 11 is 0. The minimum absolute atomic E-state index is 0.0471. The lowest BCUT2D eigenvalue weighted by Gasteiger charge is -2.17. The van der Waals surface area contributed by atoms with E-state index in [1.807, 2.05) is 18.4 Å². The van der Waals surface area contributed by atoms with Gasteiger partial charge in [-0.25, -0.2) is 4.98 Å². The van der Waals surface area contributed by atoms with E-state index < -0.39 is 0 Å². The van der Waals surface area contributed by atoms with Gasteiger partial charge in [-0.2, -0.15) is 0 Å². The molecule has 122 valence electrons. The van der Waals surface area contributed by atoms with E-state index in [1.54, 1.807) is 0 Å². The lowest BCUT2D eigenvalue weighted by Crippen LogP contribution is -2.33. The molecule has 0 aliphatic carbocycles. The summed E-state index contributed by atoms with van der Waals surface area (Å²) in [6, 6.07) is 0.0471. The molecule has 0 spiro atoms. The number of amides is 2. The van der Waals surface area contributed by atoms with Crippen LogP contribution in [0.3, 0.4) is 0 Å². The third-order valence-corrected chi connectivity index (χ3v) is 3.77. The minimum Gasteiger partial charge on any atom is -0.351 e. The van der Waals surface area contributed by atoms with Crippen molar-refractivity contribution in [2.24, 2.45) is 0 Å². The fourth-order valence-corrected chi connectivity index (χ4v) is 2.69. The van der Waals surface area contributed by atoms with Crippen LogP contribution in [0.5, 0.6) is 0 Å². The van der Waals surface area contributed by atoms with E-state index in [-0.39, 0.29) is 17.9 Å².